The van der Waals surface area contributed by atoms with E-state index in [0.29, 0.717) is 12.8 Å². The Balaban J connectivity index is 0.00000220. The van der Waals surface area contributed by atoms with Crippen molar-refractivity contribution < 1.29 is 47.0 Å². The molecule has 0 bridgehead atoms. The summed E-state index contributed by atoms with van der Waals surface area (Å²) in [5.74, 6) is -0.959. The summed E-state index contributed by atoms with van der Waals surface area (Å²) >= 11 is 0. The van der Waals surface area contributed by atoms with Gasteiger partial charge in [0, 0.05) is 43.7 Å². The maximum atomic E-state index is 12.5. The molecule has 0 aromatic heterocycles. The zero-order valence-electron chi connectivity index (χ0n) is 11.8. The van der Waals surface area contributed by atoms with Crippen LogP contribution >= 0.6 is 0 Å². The fraction of sp³-hybridized carbons (Fsp3) is 0.235. The van der Waals surface area contributed by atoms with Crippen molar-refractivity contribution >= 4 is 5.91 Å². The summed E-state index contributed by atoms with van der Waals surface area (Å²) in [6, 6.07) is 17.6. The number of halogens is 1. The molecule has 0 spiro atoms. The average molecular weight is 311 g/mol. The molecule has 21 heavy (non-hydrogen) atoms. The quantitative estimate of drug-likeness (QED) is 0.843. The van der Waals surface area contributed by atoms with E-state index in [4.69, 9.17) is 0 Å². The van der Waals surface area contributed by atoms with Crippen LogP contribution in [0.4, 0.5) is 4.48 Å². The van der Waals surface area contributed by atoms with Gasteiger partial charge >= 0.3 is 0 Å². The van der Waals surface area contributed by atoms with Crippen LogP contribution < -0.4 is 5.54 Å². The average Bonchev–Trinajstić information content (AvgIpc) is 2.49. The molecule has 1 amide bonds. The summed E-state index contributed by atoms with van der Waals surface area (Å²) in [6.45, 7) is 2.01. The molecular weight excluding hydrogens is 293 g/mol. The van der Waals surface area contributed by atoms with Gasteiger partial charge in [0.05, 0.1) is 0 Å². The minimum atomic E-state index is -0.561. The van der Waals surface area contributed by atoms with Gasteiger partial charge in [0.1, 0.15) is 0 Å². The number of carbonyl (C=O) groups is 1. The van der Waals surface area contributed by atoms with E-state index >= 15 is 0 Å². The van der Waals surface area contributed by atoms with Gasteiger partial charge in [0.2, 0.25) is 0 Å². The molecule has 2 aromatic rings. The Kier molecular flexibility index (Phi) is 7.94. The van der Waals surface area contributed by atoms with E-state index in [2.05, 4.69) is 0 Å². The molecule has 2 rings (SSSR count). The summed E-state index contributed by atoms with van der Waals surface area (Å²) in [5, 5.41) is 0. The first kappa shape index (κ1) is 18.1. The van der Waals surface area contributed by atoms with Gasteiger partial charge in [0.25, 0.3) is 5.91 Å². The van der Waals surface area contributed by atoms with Crippen LogP contribution in [0.1, 0.15) is 16.7 Å². The van der Waals surface area contributed by atoms with Gasteiger partial charge in [-0.2, -0.15) is 5.54 Å². The number of rotatable bonds is 5. The zero-order valence-corrected chi connectivity index (χ0v) is 12.5. The van der Waals surface area contributed by atoms with E-state index in [0.717, 1.165) is 11.1 Å². The number of amides is 1. The van der Waals surface area contributed by atoms with Crippen molar-refractivity contribution in [3.63, 3.8) is 0 Å². The second kappa shape index (κ2) is 9.19. The predicted octanol–water partition coefficient (Wildman–Crippen LogP) is 3.40. The molecule has 0 radical (unpaired) electrons. The van der Waals surface area contributed by atoms with Gasteiger partial charge in [0.15, 0.2) is 0 Å². The van der Waals surface area contributed by atoms with E-state index < -0.39 is 11.8 Å². The first-order valence-electron chi connectivity index (χ1n) is 6.69. The van der Waals surface area contributed by atoms with Crippen LogP contribution in [-0.4, -0.2) is 5.91 Å². The van der Waals surface area contributed by atoms with Gasteiger partial charge in [-0.1, -0.05) is 60.2 Å². The molecule has 0 heterocycles. The van der Waals surface area contributed by atoms with Gasteiger partial charge in [-0.15, -0.1) is 4.48 Å². The summed E-state index contributed by atoms with van der Waals surface area (Å²) in [5.41, 5.74) is 4.52. The molecule has 112 valence electrons. The Bertz CT molecular complexity index is 557. The van der Waals surface area contributed by atoms with Crippen LogP contribution in [0, 0.1) is 50.6 Å². The van der Waals surface area contributed by atoms with Crippen molar-refractivity contribution in [1.29, 1.82) is 0 Å². The zero-order chi connectivity index (χ0) is 14.4. The molecule has 0 aliphatic rings. The van der Waals surface area contributed by atoms with Crippen molar-refractivity contribution in [2.45, 2.75) is 19.8 Å². The van der Waals surface area contributed by atoms with Crippen molar-refractivity contribution in [2.75, 3.05) is 0 Å². The summed E-state index contributed by atoms with van der Waals surface area (Å²) in [6.07, 6.45) is 1.06. The maximum Gasteiger partial charge on any atom is 0.251 e. The minimum absolute atomic E-state index is 0. The van der Waals surface area contributed by atoms with E-state index in [1.807, 2.05) is 61.5 Å². The van der Waals surface area contributed by atoms with Crippen LogP contribution in [0.15, 0.2) is 54.6 Å². The third-order valence-electron chi connectivity index (χ3n) is 3.39. The van der Waals surface area contributed by atoms with E-state index in [-0.39, 0.29) is 37.7 Å². The third kappa shape index (κ3) is 5.77. The molecule has 1 N–H and O–H groups in total. The first-order valence-corrected chi connectivity index (χ1v) is 6.69. The molecule has 0 saturated carbocycles. The molecule has 2 aromatic carbocycles. The molecule has 0 fully saturated rings. The number of hydrogen-bond donors (Lipinski definition) is 1. The Morgan fingerprint density at radius 3 is 2.05 bits per heavy atom. The molecule has 1 atom stereocenters. The van der Waals surface area contributed by atoms with E-state index in [1.165, 1.54) is 11.1 Å². The molecule has 4 heteroatoms. The van der Waals surface area contributed by atoms with Crippen LogP contribution in [0.2, 0.25) is 0 Å². The molecule has 0 saturated heterocycles. The smallest absolute Gasteiger partial charge is 0.251 e. The predicted molar refractivity (Wildman–Crippen MR) is 77.8 cm³/mol. The summed E-state index contributed by atoms with van der Waals surface area (Å²) in [4.78, 5) is 11.7. The SMILES string of the molecule is Cc1ccc(C[C@@H](Cc2ccccc2)C(=O)NF)cc1.[Ar]. The van der Waals surface area contributed by atoms with Crippen molar-refractivity contribution in [3.05, 3.63) is 71.3 Å². The second-order valence-electron chi connectivity index (χ2n) is 5.04. The molecule has 0 unspecified atom stereocenters. The fourth-order valence-electron chi connectivity index (χ4n) is 2.24. The van der Waals surface area contributed by atoms with Crippen LogP contribution in [0.5, 0.6) is 0 Å². The second-order valence-corrected chi connectivity index (χ2v) is 5.04. The van der Waals surface area contributed by atoms with Crippen LogP contribution in [0.3, 0.4) is 0 Å². The third-order valence-corrected chi connectivity index (χ3v) is 3.39. The Morgan fingerprint density at radius 1 is 1.00 bits per heavy atom. The van der Waals surface area contributed by atoms with E-state index in [9.17, 15) is 9.28 Å². The topological polar surface area (TPSA) is 29.1 Å². The van der Waals surface area contributed by atoms with Crippen molar-refractivity contribution in [2.24, 2.45) is 5.92 Å². The van der Waals surface area contributed by atoms with Gasteiger partial charge in [-0.3, -0.25) is 4.79 Å². The molecule has 0 aliphatic heterocycles. The fourth-order valence-corrected chi connectivity index (χ4v) is 2.24. The van der Waals surface area contributed by atoms with Gasteiger partial charge in [-0.25, -0.2) is 0 Å². The number of aryl methyl sites for hydroxylation is 1. The largest absolute Gasteiger partial charge is 0.272 e. The Hall–Kier alpha value is -0.900. The molecule has 2 nitrogen and oxygen atoms in total. The molecular formula is C17H18ArFNO. The number of nitrogens with one attached hydrogen (secondary N) is 1. The van der Waals surface area contributed by atoms with Crippen LogP contribution in [-0.2, 0) is 17.6 Å². The van der Waals surface area contributed by atoms with Crippen molar-refractivity contribution in [3.8, 4) is 0 Å². The van der Waals surface area contributed by atoms with Crippen molar-refractivity contribution in [1.82, 2.24) is 5.54 Å². The normalized spacial score (nSPS) is 11.3. The number of hydrogen-bond acceptors (Lipinski definition) is 1. The van der Waals surface area contributed by atoms with Gasteiger partial charge in [-0.05, 0) is 30.9 Å². The van der Waals surface area contributed by atoms with Crippen LogP contribution in [0.25, 0.3) is 0 Å². The standard InChI is InChI=1S/C17H18FNO.Ar/c1-13-7-9-15(10-8-13)12-16(17(20)19-18)11-14-5-3-2-4-6-14;/h2-10,16H,11-12H2,1H3,(H,19,20);/t16-;/m1./s1. The number of benzene rings is 2. The monoisotopic (exact) mass is 311 g/mol. The summed E-state index contributed by atoms with van der Waals surface area (Å²) in [7, 11) is 0. The molecule has 0 aliphatic carbocycles. The van der Waals surface area contributed by atoms with E-state index in [1.54, 1.807) is 0 Å². The maximum absolute atomic E-state index is 12.5. The summed E-state index contributed by atoms with van der Waals surface area (Å²) < 4.78 is 12.5. The number of carbonyl (C=O) groups excluding carboxylic acids is 1. The minimum Gasteiger partial charge on any atom is -0.272 e. The first-order chi connectivity index (χ1) is 9.69. The van der Waals surface area contributed by atoms with Gasteiger partial charge < -0.3 is 0 Å². The Morgan fingerprint density at radius 2 is 1.52 bits per heavy atom. The Labute approximate surface area is 154 Å².